The topological polar surface area (TPSA) is 84.7 Å². The molecule has 0 saturated heterocycles. The molecule has 0 fully saturated rings. The third-order valence-electron chi connectivity index (χ3n) is 3.61. The molecule has 25 heavy (non-hydrogen) atoms. The van der Waals surface area contributed by atoms with Gasteiger partial charge in [0.2, 0.25) is 0 Å². The number of hydrogen-bond acceptors (Lipinski definition) is 5. The van der Waals surface area contributed by atoms with E-state index >= 15 is 0 Å². The smallest absolute Gasteiger partial charge is 0.258 e. The largest absolute Gasteiger partial charge is 0.485 e. The van der Waals surface area contributed by atoms with Gasteiger partial charge in [0.15, 0.2) is 11.7 Å². The molecule has 6 heteroatoms. The SMILES string of the molecule is CCOC(=C=O)CN(C(=O)c1ccc(NC)c(N)c1)c1ccccc1. The Hall–Kier alpha value is -3.24. The molecule has 0 aliphatic carbocycles. The van der Waals surface area contributed by atoms with Crippen LogP contribution in [-0.4, -0.2) is 32.0 Å². The summed E-state index contributed by atoms with van der Waals surface area (Å²) in [4.78, 5) is 25.6. The lowest BCUT2D eigenvalue weighted by atomic mass is 10.1. The Labute approximate surface area is 146 Å². The second-order valence-electron chi connectivity index (χ2n) is 5.24. The van der Waals surface area contributed by atoms with E-state index in [-0.39, 0.29) is 18.2 Å². The first-order chi connectivity index (χ1) is 12.1. The number of ether oxygens (including phenoxy) is 1. The first kappa shape index (κ1) is 18.1. The van der Waals surface area contributed by atoms with Gasteiger partial charge in [-0.2, -0.15) is 0 Å². The van der Waals surface area contributed by atoms with Crippen LogP contribution < -0.4 is 16.0 Å². The number of amides is 1. The fraction of sp³-hybridized carbons (Fsp3) is 0.211. The predicted molar refractivity (Wildman–Crippen MR) is 99.4 cm³/mol. The summed E-state index contributed by atoms with van der Waals surface area (Å²) in [6, 6.07) is 14.1. The Bertz CT molecular complexity index is 784. The predicted octanol–water partition coefficient (Wildman–Crippen LogP) is 2.71. The van der Waals surface area contributed by atoms with Crippen LogP contribution in [0.4, 0.5) is 17.1 Å². The molecule has 0 bridgehead atoms. The number of anilines is 3. The normalized spacial score (nSPS) is 9.84. The van der Waals surface area contributed by atoms with Crippen molar-refractivity contribution in [2.24, 2.45) is 0 Å². The Morgan fingerprint density at radius 1 is 1.24 bits per heavy atom. The second kappa shape index (κ2) is 8.57. The van der Waals surface area contributed by atoms with Gasteiger partial charge in [0.05, 0.1) is 24.5 Å². The molecule has 2 aromatic carbocycles. The number of carbonyl (C=O) groups is 1. The lowest BCUT2D eigenvalue weighted by Crippen LogP contribution is -2.33. The van der Waals surface area contributed by atoms with Crippen LogP contribution in [-0.2, 0) is 9.53 Å². The zero-order chi connectivity index (χ0) is 18.2. The van der Waals surface area contributed by atoms with Gasteiger partial charge in [-0.1, -0.05) is 18.2 Å². The highest BCUT2D eigenvalue weighted by Crippen LogP contribution is 2.23. The van der Waals surface area contributed by atoms with Gasteiger partial charge in [-0.3, -0.25) is 9.69 Å². The molecule has 0 radical (unpaired) electrons. The first-order valence-electron chi connectivity index (χ1n) is 7.91. The van der Waals surface area contributed by atoms with Crippen molar-refractivity contribution in [1.29, 1.82) is 0 Å². The molecular weight excluding hydrogens is 318 g/mol. The van der Waals surface area contributed by atoms with Gasteiger partial charge in [0.1, 0.15) is 0 Å². The van der Waals surface area contributed by atoms with Crippen LogP contribution in [0.2, 0.25) is 0 Å². The maximum absolute atomic E-state index is 13.0. The number of benzene rings is 2. The second-order valence-corrected chi connectivity index (χ2v) is 5.24. The lowest BCUT2D eigenvalue weighted by Gasteiger charge is -2.23. The number of nitrogen functional groups attached to an aromatic ring is 1. The quantitative estimate of drug-likeness (QED) is 0.460. The monoisotopic (exact) mass is 339 g/mol. The zero-order valence-corrected chi connectivity index (χ0v) is 14.3. The van der Waals surface area contributed by atoms with E-state index in [2.05, 4.69) is 5.32 Å². The number of nitrogens with two attached hydrogens (primary N) is 1. The molecule has 0 aliphatic rings. The van der Waals surface area contributed by atoms with Gasteiger partial charge in [-0.15, -0.1) is 0 Å². The number of rotatable bonds is 7. The number of carbonyl (C=O) groups excluding carboxylic acids is 2. The van der Waals surface area contributed by atoms with Crippen LogP contribution in [0.3, 0.4) is 0 Å². The van der Waals surface area contributed by atoms with E-state index in [1.165, 1.54) is 4.90 Å². The van der Waals surface area contributed by atoms with Crippen LogP contribution in [0.25, 0.3) is 0 Å². The molecule has 0 unspecified atom stereocenters. The molecule has 0 aromatic heterocycles. The fourth-order valence-electron chi connectivity index (χ4n) is 2.39. The van der Waals surface area contributed by atoms with E-state index in [1.54, 1.807) is 50.2 Å². The minimum atomic E-state index is -0.284. The van der Waals surface area contributed by atoms with Gasteiger partial charge in [0.25, 0.3) is 5.91 Å². The molecule has 0 atom stereocenters. The summed E-state index contributed by atoms with van der Waals surface area (Å²) >= 11 is 0. The Morgan fingerprint density at radius 3 is 2.52 bits per heavy atom. The maximum Gasteiger partial charge on any atom is 0.258 e. The number of nitrogens with one attached hydrogen (secondary N) is 1. The summed E-state index contributed by atoms with van der Waals surface area (Å²) in [5.41, 5.74) is 8.24. The van der Waals surface area contributed by atoms with Gasteiger partial charge in [-0.05, 0) is 37.3 Å². The molecule has 3 N–H and O–H groups in total. The Balaban J connectivity index is 2.39. The number of para-hydroxylation sites is 1. The first-order valence-corrected chi connectivity index (χ1v) is 7.91. The van der Waals surface area contributed by atoms with Crippen LogP contribution in [0.5, 0.6) is 0 Å². The van der Waals surface area contributed by atoms with E-state index in [0.29, 0.717) is 23.5 Å². The zero-order valence-electron chi connectivity index (χ0n) is 14.3. The highest BCUT2D eigenvalue weighted by molar-refractivity contribution is 6.07. The van der Waals surface area contributed by atoms with Crippen molar-refractivity contribution in [2.75, 3.05) is 36.1 Å². The third kappa shape index (κ3) is 4.40. The van der Waals surface area contributed by atoms with Crippen LogP contribution in [0.15, 0.2) is 54.3 Å². The van der Waals surface area contributed by atoms with E-state index in [4.69, 9.17) is 10.5 Å². The highest BCUT2D eigenvalue weighted by atomic mass is 16.5. The molecule has 0 aliphatic heterocycles. The summed E-state index contributed by atoms with van der Waals surface area (Å²) < 4.78 is 5.25. The van der Waals surface area contributed by atoms with Crippen LogP contribution in [0, 0.1) is 0 Å². The summed E-state index contributed by atoms with van der Waals surface area (Å²) in [6.45, 7) is 2.09. The highest BCUT2D eigenvalue weighted by Gasteiger charge is 2.21. The van der Waals surface area contributed by atoms with Crippen LogP contribution in [0.1, 0.15) is 17.3 Å². The minimum absolute atomic E-state index is 0.00608. The molecule has 2 rings (SSSR count). The fourth-order valence-corrected chi connectivity index (χ4v) is 2.39. The molecule has 0 spiro atoms. The maximum atomic E-state index is 13.0. The molecule has 6 nitrogen and oxygen atoms in total. The number of hydrogen-bond donors (Lipinski definition) is 2. The standard InChI is InChI=1S/C19H21N3O3/c1-3-25-16(13-23)12-22(15-7-5-4-6-8-15)19(24)14-9-10-18(21-2)17(20)11-14/h4-11,21H,3,12,20H2,1-2H3. The average Bonchev–Trinajstić information content (AvgIpc) is 2.65. The van der Waals surface area contributed by atoms with E-state index in [9.17, 15) is 9.59 Å². The molecular formula is C19H21N3O3. The molecule has 130 valence electrons. The minimum Gasteiger partial charge on any atom is -0.485 e. The van der Waals surface area contributed by atoms with Crippen LogP contribution >= 0.6 is 0 Å². The summed E-state index contributed by atoms with van der Waals surface area (Å²) in [6.07, 6.45) is 0. The van der Waals surface area contributed by atoms with Crippen molar-refractivity contribution in [3.63, 3.8) is 0 Å². The molecule has 2 aromatic rings. The van der Waals surface area contributed by atoms with Gasteiger partial charge in [-0.25, -0.2) is 4.79 Å². The van der Waals surface area contributed by atoms with Crippen molar-refractivity contribution in [2.45, 2.75) is 6.92 Å². The van der Waals surface area contributed by atoms with Crippen molar-refractivity contribution < 1.29 is 14.3 Å². The van der Waals surface area contributed by atoms with Gasteiger partial charge >= 0.3 is 0 Å². The average molecular weight is 339 g/mol. The number of nitrogens with zero attached hydrogens (tertiary/aromatic N) is 1. The van der Waals surface area contributed by atoms with Crippen molar-refractivity contribution in [3.8, 4) is 0 Å². The van der Waals surface area contributed by atoms with E-state index < -0.39 is 0 Å². The Kier molecular flexibility index (Phi) is 6.20. The summed E-state index contributed by atoms with van der Waals surface area (Å²) in [5.74, 6) is 1.54. The van der Waals surface area contributed by atoms with Gasteiger partial charge < -0.3 is 15.8 Å². The third-order valence-corrected chi connectivity index (χ3v) is 3.61. The Morgan fingerprint density at radius 2 is 1.96 bits per heavy atom. The van der Waals surface area contributed by atoms with Crippen molar-refractivity contribution in [1.82, 2.24) is 0 Å². The molecule has 0 saturated carbocycles. The molecule has 0 heterocycles. The van der Waals surface area contributed by atoms with E-state index in [1.807, 2.05) is 18.2 Å². The summed E-state index contributed by atoms with van der Waals surface area (Å²) in [7, 11) is 1.76. The molecule has 1 amide bonds. The lowest BCUT2D eigenvalue weighted by molar-refractivity contribution is 0.0983. The summed E-state index contributed by atoms with van der Waals surface area (Å²) in [5, 5.41) is 2.96. The van der Waals surface area contributed by atoms with Crippen molar-refractivity contribution >= 4 is 28.9 Å². The van der Waals surface area contributed by atoms with Crippen molar-refractivity contribution in [3.05, 3.63) is 59.9 Å². The van der Waals surface area contributed by atoms with E-state index in [0.717, 1.165) is 5.69 Å². The van der Waals surface area contributed by atoms with Gasteiger partial charge in [0, 0.05) is 18.3 Å².